The molecule has 1 aromatic rings. The summed E-state index contributed by atoms with van der Waals surface area (Å²) in [5.74, 6) is 0.920. The van der Waals surface area contributed by atoms with E-state index in [-0.39, 0.29) is 11.7 Å². The van der Waals surface area contributed by atoms with Crippen molar-refractivity contribution in [2.24, 2.45) is 11.8 Å². The maximum Gasteiger partial charge on any atom is 0.238 e. The predicted octanol–water partition coefficient (Wildman–Crippen LogP) is 3.57. The number of carbonyl (C=O) groups excluding carboxylic acids is 1. The van der Waals surface area contributed by atoms with E-state index in [0.29, 0.717) is 30.1 Å². The Morgan fingerprint density at radius 1 is 1.24 bits per heavy atom. The summed E-state index contributed by atoms with van der Waals surface area (Å²) in [5, 5.41) is 6.18. The van der Waals surface area contributed by atoms with Gasteiger partial charge in [0.15, 0.2) is 0 Å². The minimum absolute atomic E-state index is 0.0744. The second kappa shape index (κ2) is 7.55. The van der Waals surface area contributed by atoms with Crippen LogP contribution in [0.4, 0.5) is 10.1 Å². The molecule has 21 heavy (non-hydrogen) atoms. The first kappa shape index (κ1) is 16.0. The van der Waals surface area contributed by atoms with Gasteiger partial charge in [0.2, 0.25) is 5.91 Å². The van der Waals surface area contributed by atoms with Crippen molar-refractivity contribution in [3.05, 3.63) is 30.1 Å². The van der Waals surface area contributed by atoms with E-state index >= 15 is 0 Å². The summed E-state index contributed by atoms with van der Waals surface area (Å²) in [5.41, 5.74) is 0.632. The van der Waals surface area contributed by atoms with Crippen LogP contribution in [0.15, 0.2) is 24.3 Å². The second-order valence-electron chi connectivity index (χ2n) is 6.23. The molecule has 1 aliphatic rings. The molecule has 1 aromatic carbocycles. The first-order valence-corrected chi connectivity index (χ1v) is 7.85. The van der Waals surface area contributed by atoms with Crippen LogP contribution in [0.3, 0.4) is 0 Å². The molecule has 0 saturated heterocycles. The molecule has 0 spiro atoms. The van der Waals surface area contributed by atoms with Gasteiger partial charge in [0, 0.05) is 11.7 Å². The summed E-state index contributed by atoms with van der Waals surface area (Å²) in [6, 6.07) is 6.27. The van der Waals surface area contributed by atoms with Crippen molar-refractivity contribution in [1.29, 1.82) is 0 Å². The Morgan fingerprint density at radius 2 is 1.90 bits per heavy atom. The van der Waals surface area contributed by atoms with Crippen LogP contribution in [-0.4, -0.2) is 18.5 Å². The molecular formula is C17H25FN2O. The van der Waals surface area contributed by atoms with Gasteiger partial charge in [-0.15, -0.1) is 0 Å². The van der Waals surface area contributed by atoms with E-state index in [2.05, 4.69) is 24.5 Å². The van der Waals surface area contributed by atoms with Crippen molar-refractivity contribution in [3.63, 3.8) is 0 Å². The monoisotopic (exact) mass is 292 g/mol. The molecular weight excluding hydrogens is 267 g/mol. The molecule has 4 heteroatoms. The lowest BCUT2D eigenvalue weighted by molar-refractivity contribution is -0.115. The highest BCUT2D eigenvalue weighted by Gasteiger charge is 2.27. The average molecular weight is 292 g/mol. The highest BCUT2D eigenvalue weighted by atomic mass is 19.1. The molecule has 0 aliphatic heterocycles. The number of hydrogen-bond donors (Lipinski definition) is 2. The number of carbonyl (C=O) groups is 1. The molecule has 0 aromatic heterocycles. The van der Waals surface area contributed by atoms with Crippen molar-refractivity contribution in [2.45, 2.75) is 45.6 Å². The quantitative estimate of drug-likeness (QED) is 0.871. The van der Waals surface area contributed by atoms with E-state index in [4.69, 9.17) is 0 Å². The van der Waals surface area contributed by atoms with E-state index < -0.39 is 0 Å². The van der Waals surface area contributed by atoms with Gasteiger partial charge in [-0.3, -0.25) is 4.79 Å². The fourth-order valence-corrected chi connectivity index (χ4v) is 3.17. The lowest BCUT2D eigenvalue weighted by Crippen LogP contribution is -2.44. The predicted molar refractivity (Wildman–Crippen MR) is 83.6 cm³/mol. The number of amides is 1. The van der Waals surface area contributed by atoms with Crippen LogP contribution in [0.2, 0.25) is 0 Å². The Bertz CT molecular complexity index is 458. The fourth-order valence-electron chi connectivity index (χ4n) is 3.17. The largest absolute Gasteiger partial charge is 0.325 e. The summed E-state index contributed by atoms with van der Waals surface area (Å²) in [6.45, 7) is 4.82. The zero-order valence-corrected chi connectivity index (χ0v) is 12.9. The highest BCUT2D eigenvalue weighted by Crippen LogP contribution is 2.30. The normalized spacial score (nSPS) is 22.3. The van der Waals surface area contributed by atoms with E-state index in [9.17, 15) is 9.18 Å². The number of nitrogens with one attached hydrogen (secondary N) is 2. The van der Waals surface area contributed by atoms with Gasteiger partial charge in [0.25, 0.3) is 0 Å². The third kappa shape index (κ3) is 4.81. The zero-order valence-electron chi connectivity index (χ0n) is 12.9. The Kier molecular flexibility index (Phi) is 5.74. The first-order valence-electron chi connectivity index (χ1n) is 7.85. The van der Waals surface area contributed by atoms with Crippen LogP contribution in [0.25, 0.3) is 0 Å². The van der Waals surface area contributed by atoms with Crippen LogP contribution in [0.5, 0.6) is 0 Å². The standard InChI is InChI=1S/C17H25FN2O/c1-12(2)15-5-3-4-6-16(15)19-11-17(21)20-14-9-7-13(18)8-10-14/h7-10,12,15-16,19H,3-6,11H2,1-2H3,(H,20,21). The van der Waals surface area contributed by atoms with Gasteiger partial charge in [-0.1, -0.05) is 26.7 Å². The van der Waals surface area contributed by atoms with Gasteiger partial charge >= 0.3 is 0 Å². The molecule has 0 radical (unpaired) electrons. The van der Waals surface area contributed by atoms with Gasteiger partial charge in [-0.25, -0.2) is 4.39 Å². The first-order chi connectivity index (χ1) is 10.1. The molecule has 116 valence electrons. The Morgan fingerprint density at radius 3 is 2.57 bits per heavy atom. The second-order valence-corrected chi connectivity index (χ2v) is 6.23. The molecule has 2 unspecified atom stereocenters. The van der Waals surface area contributed by atoms with Gasteiger partial charge in [-0.2, -0.15) is 0 Å². The average Bonchev–Trinajstić information content (AvgIpc) is 2.48. The lowest BCUT2D eigenvalue weighted by atomic mass is 9.78. The number of benzene rings is 1. The smallest absolute Gasteiger partial charge is 0.238 e. The van der Waals surface area contributed by atoms with Crippen LogP contribution in [-0.2, 0) is 4.79 Å². The molecule has 2 atom stereocenters. The molecule has 0 bridgehead atoms. The number of anilines is 1. The maximum atomic E-state index is 12.8. The zero-order chi connectivity index (χ0) is 15.2. The van der Waals surface area contributed by atoms with E-state index in [1.807, 2.05) is 0 Å². The summed E-state index contributed by atoms with van der Waals surface area (Å²) < 4.78 is 12.8. The number of hydrogen-bond acceptors (Lipinski definition) is 2. The van der Waals surface area contributed by atoms with Crippen LogP contribution < -0.4 is 10.6 Å². The van der Waals surface area contributed by atoms with Crippen LogP contribution >= 0.6 is 0 Å². The van der Waals surface area contributed by atoms with Gasteiger partial charge in [0.05, 0.1) is 6.54 Å². The van der Waals surface area contributed by atoms with E-state index in [1.165, 1.54) is 31.4 Å². The van der Waals surface area contributed by atoms with E-state index in [0.717, 1.165) is 6.42 Å². The molecule has 1 amide bonds. The SMILES string of the molecule is CC(C)C1CCCCC1NCC(=O)Nc1ccc(F)cc1. The van der Waals surface area contributed by atoms with Gasteiger partial charge in [-0.05, 0) is 48.9 Å². The summed E-state index contributed by atoms with van der Waals surface area (Å²) in [6.07, 6.45) is 4.92. The highest BCUT2D eigenvalue weighted by molar-refractivity contribution is 5.92. The Hall–Kier alpha value is -1.42. The van der Waals surface area contributed by atoms with Gasteiger partial charge < -0.3 is 10.6 Å². The molecule has 3 nitrogen and oxygen atoms in total. The molecule has 1 aliphatic carbocycles. The maximum absolute atomic E-state index is 12.8. The number of halogens is 1. The summed E-state index contributed by atoms with van der Waals surface area (Å²) in [7, 11) is 0. The molecule has 1 saturated carbocycles. The van der Waals surface area contributed by atoms with Crippen molar-refractivity contribution in [1.82, 2.24) is 5.32 Å². The third-order valence-corrected chi connectivity index (χ3v) is 4.33. The minimum atomic E-state index is -0.298. The van der Waals surface area contributed by atoms with Crippen molar-refractivity contribution in [2.75, 3.05) is 11.9 Å². The molecule has 0 heterocycles. The Balaban J connectivity index is 1.81. The van der Waals surface area contributed by atoms with Crippen molar-refractivity contribution >= 4 is 11.6 Å². The Labute approximate surface area is 126 Å². The topological polar surface area (TPSA) is 41.1 Å². The van der Waals surface area contributed by atoms with E-state index in [1.54, 1.807) is 12.1 Å². The minimum Gasteiger partial charge on any atom is -0.325 e. The van der Waals surface area contributed by atoms with Crippen LogP contribution in [0.1, 0.15) is 39.5 Å². The summed E-state index contributed by atoms with van der Waals surface area (Å²) >= 11 is 0. The van der Waals surface area contributed by atoms with Crippen molar-refractivity contribution < 1.29 is 9.18 Å². The summed E-state index contributed by atoms with van der Waals surface area (Å²) in [4.78, 5) is 11.9. The van der Waals surface area contributed by atoms with Gasteiger partial charge in [0.1, 0.15) is 5.82 Å². The fraction of sp³-hybridized carbons (Fsp3) is 0.588. The van der Waals surface area contributed by atoms with Crippen LogP contribution in [0, 0.1) is 17.7 Å². The molecule has 2 N–H and O–H groups in total. The third-order valence-electron chi connectivity index (χ3n) is 4.33. The lowest BCUT2D eigenvalue weighted by Gasteiger charge is -2.35. The molecule has 2 rings (SSSR count). The van der Waals surface area contributed by atoms with Crippen molar-refractivity contribution in [3.8, 4) is 0 Å². The number of rotatable bonds is 5. The molecule has 1 fully saturated rings.